The molecule has 1 N–H and O–H groups in total. The predicted molar refractivity (Wildman–Crippen MR) is 134 cm³/mol. The van der Waals surface area contributed by atoms with E-state index in [9.17, 15) is 33.2 Å². The Morgan fingerprint density at radius 2 is 1.82 bits per heavy atom. The van der Waals surface area contributed by atoms with Gasteiger partial charge in [0.1, 0.15) is 11.4 Å². The Labute approximate surface area is 214 Å². The van der Waals surface area contributed by atoms with Crippen LogP contribution < -0.4 is 9.73 Å². The van der Waals surface area contributed by atoms with Gasteiger partial charge >= 0.3 is 5.97 Å². The van der Waals surface area contributed by atoms with Gasteiger partial charge < -0.3 is 9.67 Å². The Morgan fingerprint density at radius 3 is 2.39 bits per heavy atom. The van der Waals surface area contributed by atoms with Crippen LogP contribution >= 0.6 is 0 Å². The number of carboxylic acid groups (broad SMARTS) is 1. The van der Waals surface area contributed by atoms with Crippen molar-refractivity contribution in [3.63, 3.8) is 0 Å². The number of nitrogens with zero attached hydrogens (tertiary/aromatic N) is 4. The summed E-state index contributed by atoms with van der Waals surface area (Å²) in [6, 6.07) is 9.25. The van der Waals surface area contributed by atoms with E-state index >= 15 is 4.39 Å². The van der Waals surface area contributed by atoms with Gasteiger partial charge in [-0.2, -0.15) is 0 Å². The van der Waals surface area contributed by atoms with Crippen LogP contribution in [0.5, 0.6) is 0 Å². The number of carboxylic acids is 1. The minimum absolute atomic E-state index is 0.116. The number of pyridine rings is 2. The number of carbonyl (C=O) groups is 1. The molecule has 0 atom stereocenters. The minimum atomic E-state index is -4.47. The van der Waals surface area contributed by atoms with E-state index in [1.807, 2.05) is 0 Å². The maximum atomic E-state index is 15.6. The van der Waals surface area contributed by atoms with Crippen molar-refractivity contribution in [2.24, 2.45) is 0 Å². The number of halogens is 1. The number of hydrogen-bond acceptors (Lipinski definition) is 7. The zero-order valence-corrected chi connectivity index (χ0v) is 20.3. The topological polar surface area (TPSA) is 153 Å². The Bertz CT molecular complexity index is 1750. The molecule has 5 rings (SSSR count). The van der Waals surface area contributed by atoms with Crippen LogP contribution in [0, 0.1) is 15.9 Å². The van der Waals surface area contributed by atoms with E-state index in [0.717, 1.165) is 34.6 Å². The Hall–Kier alpha value is -4.65. The van der Waals surface area contributed by atoms with Crippen LogP contribution in [-0.2, 0) is 16.6 Å². The molecule has 11 nitrogen and oxygen atoms in total. The van der Waals surface area contributed by atoms with Gasteiger partial charge in [0.05, 0.1) is 27.6 Å². The largest absolute Gasteiger partial charge is 0.477 e. The van der Waals surface area contributed by atoms with Crippen molar-refractivity contribution < 1.29 is 27.6 Å². The lowest BCUT2D eigenvalue weighted by Crippen LogP contribution is -2.31. The zero-order chi connectivity index (χ0) is 27.2. The summed E-state index contributed by atoms with van der Waals surface area (Å²) in [6.07, 6.45) is 5.52. The number of sulfonamides is 1. The van der Waals surface area contributed by atoms with E-state index in [2.05, 4.69) is 4.98 Å². The lowest BCUT2D eigenvalue weighted by Gasteiger charge is -2.26. The normalized spacial score (nSPS) is 13.4. The van der Waals surface area contributed by atoms with Gasteiger partial charge in [-0.15, -0.1) is 0 Å². The predicted octanol–water partition coefficient (Wildman–Crippen LogP) is 3.87. The number of hydrogen-bond donors (Lipinski definition) is 1. The Morgan fingerprint density at radius 1 is 1.16 bits per heavy atom. The average molecular weight is 539 g/mol. The van der Waals surface area contributed by atoms with Crippen molar-refractivity contribution in [3.05, 3.63) is 104 Å². The molecule has 1 aliphatic rings. The highest BCUT2D eigenvalue weighted by atomic mass is 32.2. The monoisotopic (exact) mass is 538 g/mol. The lowest BCUT2D eigenvalue weighted by atomic mass is 10.1. The average Bonchev–Trinajstić information content (AvgIpc) is 3.73. The quantitative estimate of drug-likeness (QED) is 0.262. The van der Waals surface area contributed by atoms with Crippen LogP contribution in [-0.4, -0.2) is 34.0 Å². The smallest absolute Gasteiger partial charge is 0.341 e. The van der Waals surface area contributed by atoms with E-state index < -0.39 is 37.7 Å². The summed E-state index contributed by atoms with van der Waals surface area (Å²) in [5, 5.41) is 20.3. The number of rotatable bonds is 8. The molecule has 38 heavy (non-hydrogen) atoms. The number of fused-ring (bicyclic) bond motifs is 1. The van der Waals surface area contributed by atoms with Crippen LogP contribution in [0.2, 0.25) is 0 Å². The van der Waals surface area contributed by atoms with Gasteiger partial charge in [-0.3, -0.25) is 24.2 Å². The van der Waals surface area contributed by atoms with Gasteiger partial charge in [-0.05, 0) is 54.8 Å². The number of benzene rings is 2. The van der Waals surface area contributed by atoms with Crippen molar-refractivity contribution in [1.29, 1.82) is 0 Å². The number of nitro groups is 1. The number of nitro benzene ring substituents is 1. The van der Waals surface area contributed by atoms with E-state index in [1.165, 1.54) is 24.7 Å². The first-order valence-corrected chi connectivity index (χ1v) is 12.8. The lowest BCUT2D eigenvalue weighted by molar-refractivity contribution is -0.384. The number of aromatic carboxylic acids is 1. The van der Waals surface area contributed by atoms with Gasteiger partial charge in [0.25, 0.3) is 15.7 Å². The molecule has 0 spiro atoms. The Kier molecular flexibility index (Phi) is 6.15. The maximum Gasteiger partial charge on any atom is 0.341 e. The van der Waals surface area contributed by atoms with Crippen molar-refractivity contribution in [3.8, 4) is 0 Å². The van der Waals surface area contributed by atoms with E-state index in [4.69, 9.17) is 0 Å². The molecule has 194 valence electrons. The third-order valence-corrected chi connectivity index (χ3v) is 8.03. The van der Waals surface area contributed by atoms with E-state index in [1.54, 1.807) is 16.7 Å². The molecular formula is C25H19FN4O7S. The second-order valence-corrected chi connectivity index (χ2v) is 10.6. The van der Waals surface area contributed by atoms with Crippen LogP contribution in [0.3, 0.4) is 0 Å². The molecule has 1 aliphatic carbocycles. The van der Waals surface area contributed by atoms with E-state index in [0.29, 0.717) is 18.4 Å². The van der Waals surface area contributed by atoms with Crippen LogP contribution in [0.1, 0.15) is 34.8 Å². The summed E-state index contributed by atoms with van der Waals surface area (Å²) in [5.74, 6) is -2.50. The first kappa shape index (κ1) is 25.0. The fourth-order valence-corrected chi connectivity index (χ4v) is 5.63. The molecule has 2 aromatic heterocycles. The van der Waals surface area contributed by atoms with Crippen molar-refractivity contribution in [2.75, 3.05) is 4.31 Å². The van der Waals surface area contributed by atoms with Crippen LogP contribution in [0.4, 0.5) is 15.8 Å². The summed E-state index contributed by atoms with van der Waals surface area (Å²) in [5.41, 5.74) is -1.41. The minimum Gasteiger partial charge on any atom is -0.477 e. The molecule has 13 heteroatoms. The van der Waals surface area contributed by atoms with Gasteiger partial charge in [0.15, 0.2) is 0 Å². The number of non-ortho nitro benzene ring substituents is 1. The van der Waals surface area contributed by atoms with Crippen molar-refractivity contribution >= 4 is 38.3 Å². The molecule has 0 unspecified atom stereocenters. The van der Waals surface area contributed by atoms with Crippen molar-refractivity contribution in [1.82, 2.24) is 9.55 Å². The summed E-state index contributed by atoms with van der Waals surface area (Å²) >= 11 is 0. The summed E-state index contributed by atoms with van der Waals surface area (Å²) in [4.78, 5) is 38.4. The highest BCUT2D eigenvalue weighted by Gasteiger charge is 2.31. The third-order valence-electron chi connectivity index (χ3n) is 6.25. The number of aromatic nitrogens is 2. The molecule has 1 saturated carbocycles. The molecule has 0 aliphatic heterocycles. The van der Waals surface area contributed by atoms with Gasteiger partial charge in [0.2, 0.25) is 5.43 Å². The molecule has 2 heterocycles. The van der Waals surface area contributed by atoms with Crippen molar-refractivity contribution in [2.45, 2.75) is 30.3 Å². The molecule has 2 aromatic carbocycles. The fourth-order valence-electron chi connectivity index (χ4n) is 4.18. The summed E-state index contributed by atoms with van der Waals surface area (Å²) < 4.78 is 45.6. The summed E-state index contributed by atoms with van der Waals surface area (Å²) in [6.45, 7) is -0.314. The first-order valence-electron chi connectivity index (χ1n) is 11.4. The first-order chi connectivity index (χ1) is 18.1. The standard InChI is InChI=1S/C25H19FN4O7S/c26-21-11-19-22(28(16-1-2-16)14-20(24(19)31)25(32)33)12-23(21)29(13-15-7-9-27-10-8-15)38(36,37)18-5-3-17(4-6-18)30(34)35/h3-12,14,16H,1-2,13H2,(H,32,33). The second kappa shape index (κ2) is 9.34. The maximum absolute atomic E-state index is 15.6. The third kappa shape index (κ3) is 4.47. The number of anilines is 1. The molecule has 0 saturated heterocycles. The second-order valence-electron chi connectivity index (χ2n) is 8.75. The van der Waals surface area contributed by atoms with Gasteiger partial charge in [0, 0.05) is 42.2 Å². The van der Waals surface area contributed by atoms with Crippen LogP contribution in [0.15, 0.2) is 76.8 Å². The molecular weight excluding hydrogens is 519 g/mol. The molecule has 1 fully saturated rings. The molecule has 0 bridgehead atoms. The van der Waals surface area contributed by atoms with Gasteiger partial charge in [-0.25, -0.2) is 17.6 Å². The Balaban J connectivity index is 1.73. The van der Waals surface area contributed by atoms with E-state index in [-0.39, 0.29) is 39.8 Å². The molecule has 0 amide bonds. The molecule has 0 radical (unpaired) electrons. The van der Waals surface area contributed by atoms with Crippen LogP contribution in [0.25, 0.3) is 10.9 Å². The fraction of sp³-hybridized carbons (Fsp3) is 0.160. The molecule has 4 aromatic rings. The highest BCUT2D eigenvalue weighted by molar-refractivity contribution is 7.92. The zero-order valence-electron chi connectivity index (χ0n) is 19.5. The highest BCUT2D eigenvalue weighted by Crippen LogP contribution is 2.39. The summed E-state index contributed by atoms with van der Waals surface area (Å²) in [7, 11) is -4.47. The van der Waals surface area contributed by atoms with Gasteiger partial charge in [-0.1, -0.05) is 0 Å². The SMILES string of the molecule is O=C(O)c1cn(C2CC2)c2cc(N(Cc3ccncc3)S(=O)(=O)c3ccc([N+](=O)[O-])cc3)c(F)cc2c1=O.